The van der Waals surface area contributed by atoms with Gasteiger partial charge < -0.3 is 13.9 Å². The fraction of sp³-hybridized carbons (Fsp3) is 0.517. The van der Waals surface area contributed by atoms with E-state index in [4.69, 9.17) is 20.3 Å². The van der Waals surface area contributed by atoms with Crippen LogP contribution in [0.5, 0.6) is 0 Å². The van der Waals surface area contributed by atoms with Crippen molar-refractivity contribution in [2.24, 2.45) is 11.3 Å². The Bertz CT molecular complexity index is 900. The largest absolute Gasteiger partial charge is 0.543 e. The SMILES string of the molecule is C#CCC(C(=O)OC)(C(=O)OC)C(C)/C=C(\C=C\c1ccccc1)O[Si](C(C)C)(C(C)C)C(C)C. The summed E-state index contributed by atoms with van der Waals surface area (Å²) in [5.74, 6) is 0.987. The molecule has 0 aliphatic heterocycles. The highest BCUT2D eigenvalue weighted by atomic mass is 28.4. The van der Waals surface area contributed by atoms with E-state index in [1.54, 1.807) is 6.92 Å². The van der Waals surface area contributed by atoms with Crippen molar-refractivity contribution in [2.75, 3.05) is 14.2 Å². The van der Waals surface area contributed by atoms with Crippen LogP contribution in [0.4, 0.5) is 0 Å². The molecule has 0 saturated carbocycles. The van der Waals surface area contributed by atoms with Crippen LogP contribution < -0.4 is 0 Å². The van der Waals surface area contributed by atoms with Crippen LogP contribution in [0.1, 0.15) is 60.5 Å². The van der Waals surface area contributed by atoms with Crippen LogP contribution in [-0.4, -0.2) is 34.5 Å². The molecular formula is C29H42O5Si. The molecule has 1 aromatic rings. The lowest BCUT2D eigenvalue weighted by Gasteiger charge is -2.43. The molecule has 0 fully saturated rings. The first kappa shape index (κ1) is 30.2. The van der Waals surface area contributed by atoms with Gasteiger partial charge in [-0.3, -0.25) is 9.59 Å². The Morgan fingerprint density at radius 1 is 0.943 bits per heavy atom. The van der Waals surface area contributed by atoms with E-state index in [9.17, 15) is 9.59 Å². The molecule has 1 unspecified atom stereocenters. The first-order valence-electron chi connectivity index (χ1n) is 12.2. The Kier molecular flexibility index (Phi) is 11.5. The second-order valence-electron chi connectivity index (χ2n) is 9.86. The highest BCUT2D eigenvalue weighted by Crippen LogP contribution is 2.44. The van der Waals surface area contributed by atoms with Gasteiger partial charge in [0.05, 0.1) is 20.0 Å². The fourth-order valence-electron chi connectivity index (χ4n) is 5.10. The molecule has 0 bridgehead atoms. The molecule has 35 heavy (non-hydrogen) atoms. The number of allylic oxidation sites excluding steroid dienone is 2. The standard InChI is InChI=1S/C29H42O5Si/c1-11-19-29(27(30)32-9,28(31)33-10)24(8)20-26(18-17-25-15-13-12-14-16-25)34-35(21(2)3,22(4)5)23(6)7/h1,12-18,20-24H,19H2,2-10H3/b18-17+,26-20+. The number of benzene rings is 1. The minimum Gasteiger partial charge on any atom is -0.543 e. The Labute approximate surface area is 213 Å². The van der Waals surface area contributed by atoms with Crippen LogP contribution in [0.3, 0.4) is 0 Å². The zero-order valence-corrected chi connectivity index (χ0v) is 23.8. The van der Waals surface area contributed by atoms with Gasteiger partial charge in [-0.05, 0) is 34.3 Å². The van der Waals surface area contributed by atoms with Gasteiger partial charge in [0.2, 0.25) is 0 Å². The molecule has 1 atom stereocenters. The third-order valence-corrected chi connectivity index (χ3v) is 12.9. The Hall–Kier alpha value is -2.78. The average molecular weight is 499 g/mol. The van der Waals surface area contributed by atoms with E-state index in [-0.39, 0.29) is 6.42 Å². The zero-order chi connectivity index (χ0) is 26.8. The topological polar surface area (TPSA) is 61.8 Å². The molecule has 0 aliphatic carbocycles. The predicted octanol–water partition coefficient (Wildman–Crippen LogP) is 6.77. The van der Waals surface area contributed by atoms with Crippen LogP contribution in [-0.2, 0) is 23.5 Å². The molecule has 0 saturated heterocycles. The van der Waals surface area contributed by atoms with E-state index in [0.717, 1.165) is 5.56 Å². The van der Waals surface area contributed by atoms with Crippen molar-refractivity contribution in [3.8, 4) is 12.3 Å². The molecule has 0 amide bonds. The maximum Gasteiger partial charge on any atom is 0.324 e. The summed E-state index contributed by atoms with van der Waals surface area (Å²) in [6.07, 6.45) is 11.1. The lowest BCUT2D eigenvalue weighted by Crippen LogP contribution is -2.48. The first-order valence-corrected chi connectivity index (χ1v) is 14.3. The van der Waals surface area contributed by atoms with E-state index in [1.165, 1.54) is 14.2 Å². The molecule has 192 valence electrons. The second-order valence-corrected chi connectivity index (χ2v) is 15.2. The first-order chi connectivity index (χ1) is 16.4. The van der Waals surface area contributed by atoms with Crippen molar-refractivity contribution in [1.82, 2.24) is 0 Å². The lowest BCUT2D eigenvalue weighted by atomic mass is 9.73. The molecule has 1 rings (SSSR count). The molecule has 0 heterocycles. The monoisotopic (exact) mass is 498 g/mol. The summed E-state index contributed by atoms with van der Waals surface area (Å²) in [6.45, 7) is 15.0. The summed E-state index contributed by atoms with van der Waals surface area (Å²) in [5.41, 5.74) is 0.343. The van der Waals surface area contributed by atoms with Crippen LogP contribution in [0.15, 0.2) is 48.2 Å². The predicted molar refractivity (Wildman–Crippen MR) is 145 cm³/mol. The summed E-state index contributed by atoms with van der Waals surface area (Å²) < 4.78 is 17.0. The number of carbonyl (C=O) groups is 2. The third kappa shape index (κ3) is 6.67. The van der Waals surface area contributed by atoms with Gasteiger partial charge in [0.1, 0.15) is 0 Å². The minimum atomic E-state index is -2.34. The van der Waals surface area contributed by atoms with Crippen molar-refractivity contribution in [2.45, 2.75) is 71.5 Å². The van der Waals surface area contributed by atoms with Gasteiger partial charge in [0.25, 0.3) is 8.32 Å². The number of terminal acetylenes is 1. The molecule has 0 aliphatic rings. The number of hydrogen-bond donors (Lipinski definition) is 0. The number of esters is 2. The maximum absolute atomic E-state index is 12.9. The molecule has 6 heteroatoms. The van der Waals surface area contributed by atoms with E-state index in [1.807, 2.05) is 48.6 Å². The van der Waals surface area contributed by atoms with Crippen molar-refractivity contribution in [3.05, 3.63) is 53.8 Å². The summed E-state index contributed by atoms with van der Waals surface area (Å²) in [7, 11) is 0.151. The minimum absolute atomic E-state index is 0.152. The molecule has 0 radical (unpaired) electrons. The second kappa shape index (κ2) is 13.3. The number of rotatable bonds is 12. The quantitative estimate of drug-likeness (QED) is 0.0795. The van der Waals surface area contributed by atoms with Crippen molar-refractivity contribution < 1.29 is 23.5 Å². The molecule has 0 N–H and O–H groups in total. The number of hydrogen-bond acceptors (Lipinski definition) is 5. The molecule has 1 aromatic carbocycles. The van der Waals surface area contributed by atoms with Crippen LogP contribution in [0, 0.1) is 23.7 Å². The van der Waals surface area contributed by atoms with Gasteiger partial charge in [0, 0.05) is 12.3 Å². The molecule has 0 aromatic heterocycles. The smallest absolute Gasteiger partial charge is 0.324 e. The number of ether oxygens (including phenoxy) is 2. The van der Waals surface area contributed by atoms with Crippen molar-refractivity contribution in [3.63, 3.8) is 0 Å². The summed E-state index contributed by atoms with van der Waals surface area (Å²) in [6, 6.07) is 9.90. The van der Waals surface area contributed by atoms with Crippen LogP contribution in [0.25, 0.3) is 6.08 Å². The van der Waals surface area contributed by atoms with E-state index < -0.39 is 31.6 Å². The Balaban J connectivity index is 3.76. The Morgan fingerprint density at radius 2 is 1.43 bits per heavy atom. The highest BCUT2D eigenvalue weighted by Gasteiger charge is 2.52. The van der Waals surface area contributed by atoms with E-state index >= 15 is 0 Å². The number of methoxy groups -OCH3 is 2. The highest BCUT2D eigenvalue weighted by molar-refractivity contribution is 6.77. The fourth-order valence-corrected chi connectivity index (χ4v) is 10.3. The zero-order valence-electron chi connectivity index (χ0n) is 22.8. The molecular weight excluding hydrogens is 456 g/mol. The summed E-state index contributed by atoms with van der Waals surface area (Å²) in [5, 5.41) is 0. The van der Waals surface area contributed by atoms with Crippen molar-refractivity contribution in [1.29, 1.82) is 0 Å². The lowest BCUT2D eigenvalue weighted by molar-refractivity contribution is -0.171. The summed E-state index contributed by atoms with van der Waals surface area (Å²) in [4.78, 5) is 25.9. The maximum atomic E-state index is 12.9. The van der Waals surface area contributed by atoms with Gasteiger partial charge in [-0.1, -0.05) is 84.9 Å². The average Bonchev–Trinajstić information content (AvgIpc) is 2.82. The van der Waals surface area contributed by atoms with Gasteiger partial charge in [0.15, 0.2) is 5.41 Å². The van der Waals surface area contributed by atoms with Crippen LogP contribution in [0.2, 0.25) is 16.6 Å². The number of carbonyl (C=O) groups excluding carboxylic acids is 2. The Morgan fingerprint density at radius 3 is 1.83 bits per heavy atom. The van der Waals surface area contributed by atoms with Gasteiger partial charge in [-0.2, -0.15) is 0 Å². The van der Waals surface area contributed by atoms with Crippen molar-refractivity contribution >= 4 is 26.3 Å². The van der Waals surface area contributed by atoms with Gasteiger partial charge in [-0.15, -0.1) is 12.3 Å². The molecule has 0 spiro atoms. The van der Waals surface area contributed by atoms with Gasteiger partial charge in [-0.25, -0.2) is 0 Å². The molecule has 5 nitrogen and oxygen atoms in total. The normalized spacial score (nSPS) is 13.7. The third-order valence-electron chi connectivity index (χ3n) is 6.91. The van der Waals surface area contributed by atoms with Gasteiger partial charge >= 0.3 is 11.9 Å². The summed E-state index contributed by atoms with van der Waals surface area (Å²) >= 11 is 0. The van der Waals surface area contributed by atoms with E-state index in [0.29, 0.717) is 22.4 Å². The van der Waals surface area contributed by atoms with Crippen LogP contribution >= 0.6 is 0 Å². The van der Waals surface area contributed by atoms with E-state index in [2.05, 4.69) is 47.5 Å².